The van der Waals surface area contributed by atoms with E-state index in [9.17, 15) is 9.18 Å². The van der Waals surface area contributed by atoms with Gasteiger partial charge in [-0.05, 0) is 48.6 Å². The van der Waals surface area contributed by atoms with Gasteiger partial charge in [-0.1, -0.05) is 6.07 Å². The fourth-order valence-electron chi connectivity index (χ4n) is 1.57. The van der Waals surface area contributed by atoms with E-state index in [1.807, 2.05) is 25.3 Å². The van der Waals surface area contributed by atoms with Crippen molar-refractivity contribution in [1.29, 1.82) is 0 Å². The first-order valence-corrected chi connectivity index (χ1v) is 5.82. The maximum absolute atomic E-state index is 13.1. The first kappa shape index (κ1) is 11.0. The van der Waals surface area contributed by atoms with E-state index in [0.29, 0.717) is 10.4 Å². The van der Waals surface area contributed by atoms with Crippen LogP contribution >= 0.6 is 11.3 Å². The Labute approximate surface area is 97.6 Å². The van der Waals surface area contributed by atoms with Crippen molar-refractivity contribution in [2.75, 3.05) is 0 Å². The molecule has 0 aliphatic carbocycles. The maximum Gasteiger partial charge on any atom is 0.203 e. The molecule has 0 saturated carbocycles. The van der Waals surface area contributed by atoms with Gasteiger partial charge in [-0.2, -0.15) is 0 Å². The second-order valence-electron chi connectivity index (χ2n) is 3.72. The van der Waals surface area contributed by atoms with Gasteiger partial charge in [0.1, 0.15) is 5.82 Å². The summed E-state index contributed by atoms with van der Waals surface area (Å²) >= 11 is 1.40. The van der Waals surface area contributed by atoms with E-state index in [1.165, 1.54) is 23.5 Å². The number of rotatable bonds is 2. The van der Waals surface area contributed by atoms with Crippen LogP contribution in [-0.2, 0) is 0 Å². The van der Waals surface area contributed by atoms with Crippen LogP contribution in [0.1, 0.15) is 26.4 Å². The molecule has 0 saturated heterocycles. The average molecular weight is 234 g/mol. The molecule has 0 fully saturated rings. The highest BCUT2D eigenvalue weighted by atomic mass is 32.1. The van der Waals surface area contributed by atoms with E-state index < -0.39 is 0 Å². The molecule has 16 heavy (non-hydrogen) atoms. The summed E-state index contributed by atoms with van der Waals surface area (Å²) in [4.78, 5) is 12.8. The van der Waals surface area contributed by atoms with E-state index in [2.05, 4.69) is 0 Å². The third-order valence-corrected chi connectivity index (χ3v) is 3.53. The Hall–Kier alpha value is -1.48. The topological polar surface area (TPSA) is 17.1 Å². The Kier molecular flexibility index (Phi) is 2.88. The number of halogens is 1. The molecule has 2 rings (SSSR count). The average Bonchev–Trinajstić information content (AvgIpc) is 2.67. The molecule has 0 radical (unpaired) electrons. The number of hydrogen-bond donors (Lipinski definition) is 0. The zero-order chi connectivity index (χ0) is 11.7. The van der Waals surface area contributed by atoms with Crippen LogP contribution in [0.2, 0.25) is 0 Å². The van der Waals surface area contributed by atoms with E-state index in [4.69, 9.17) is 0 Å². The van der Waals surface area contributed by atoms with Crippen LogP contribution in [0, 0.1) is 19.7 Å². The molecule has 0 N–H and O–H groups in total. The van der Waals surface area contributed by atoms with Crippen molar-refractivity contribution in [3.05, 3.63) is 57.0 Å². The van der Waals surface area contributed by atoms with E-state index in [1.54, 1.807) is 6.07 Å². The van der Waals surface area contributed by atoms with Crippen molar-refractivity contribution in [2.45, 2.75) is 13.8 Å². The Morgan fingerprint density at radius 1 is 1.19 bits per heavy atom. The fourth-order valence-corrected chi connectivity index (χ4v) is 2.45. The largest absolute Gasteiger partial charge is 0.288 e. The monoisotopic (exact) mass is 234 g/mol. The minimum atomic E-state index is -0.372. The molecule has 82 valence electrons. The summed E-state index contributed by atoms with van der Waals surface area (Å²) in [5.41, 5.74) is 2.20. The van der Waals surface area contributed by atoms with Gasteiger partial charge in [0.05, 0.1) is 4.88 Å². The van der Waals surface area contributed by atoms with Crippen LogP contribution in [0.15, 0.2) is 29.6 Å². The summed E-state index contributed by atoms with van der Waals surface area (Å²) in [6.07, 6.45) is 0. The second kappa shape index (κ2) is 4.18. The van der Waals surface area contributed by atoms with Crippen molar-refractivity contribution < 1.29 is 9.18 Å². The number of aryl methyl sites for hydroxylation is 2. The van der Waals surface area contributed by atoms with Gasteiger partial charge in [-0.25, -0.2) is 4.39 Å². The molecule has 0 aliphatic heterocycles. The summed E-state index contributed by atoms with van der Waals surface area (Å²) < 4.78 is 13.1. The smallest absolute Gasteiger partial charge is 0.203 e. The summed E-state index contributed by atoms with van der Waals surface area (Å²) in [6.45, 7) is 3.70. The van der Waals surface area contributed by atoms with Crippen LogP contribution in [0.3, 0.4) is 0 Å². The van der Waals surface area contributed by atoms with Gasteiger partial charge in [-0.3, -0.25) is 4.79 Å². The molecular formula is C13H11FOS. The van der Waals surface area contributed by atoms with Gasteiger partial charge in [0.25, 0.3) is 0 Å². The summed E-state index contributed by atoms with van der Waals surface area (Å²) in [5.74, 6) is -0.465. The first-order valence-electron chi connectivity index (χ1n) is 4.94. The predicted octanol–water partition coefficient (Wildman–Crippen LogP) is 3.74. The molecule has 1 aromatic carbocycles. The van der Waals surface area contributed by atoms with Gasteiger partial charge >= 0.3 is 0 Å². The Morgan fingerprint density at radius 3 is 2.56 bits per heavy atom. The number of carbonyl (C=O) groups excluding carboxylic acids is 1. The van der Waals surface area contributed by atoms with Gasteiger partial charge in [0.2, 0.25) is 5.78 Å². The van der Waals surface area contributed by atoms with Crippen molar-refractivity contribution in [2.24, 2.45) is 0 Å². The second-order valence-corrected chi connectivity index (χ2v) is 4.64. The van der Waals surface area contributed by atoms with E-state index >= 15 is 0 Å². The quantitative estimate of drug-likeness (QED) is 0.723. The maximum atomic E-state index is 13.1. The van der Waals surface area contributed by atoms with Crippen molar-refractivity contribution in [3.63, 3.8) is 0 Å². The summed E-state index contributed by atoms with van der Waals surface area (Å²) in [7, 11) is 0. The summed E-state index contributed by atoms with van der Waals surface area (Å²) in [6, 6.07) is 6.20. The third-order valence-electron chi connectivity index (χ3n) is 2.51. The van der Waals surface area contributed by atoms with E-state index in [0.717, 1.165) is 11.1 Å². The molecule has 1 aromatic heterocycles. The lowest BCUT2D eigenvalue weighted by Gasteiger charge is -2.04. The van der Waals surface area contributed by atoms with Gasteiger partial charge < -0.3 is 0 Å². The molecule has 0 bridgehead atoms. The number of hydrogen-bond acceptors (Lipinski definition) is 2. The zero-order valence-electron chi connectivity index (χ0n) is 9.08. The molecule has 0 aliphatic rings. The van der Waals surface area contributed by atoms with Crippen molar-refractivity contribution in [3.8, 4) is 0 Å². The number of benzene rings is 1. The van der Waals surface area contributed by atoms with Crippen molar-refractivity contribution in [1.82, 2.24) is 0 Å². The highest BCUT2D eigenvalue weighted by molar-refractivity contribution is 7.12. The number of thiophene rings is 1. The Bertz CT molecular complexity index is 543. The van der Waals surface area contributed by atoms with Crippen LogP contribution in [0.25, 0.3) is 0 Å². The normalized spacial score (nSPS) is 10.4. The molecule has 2 aromatic rings. The number of carbonyl (C=O) groups is 1. The highest BCUT2D eigenvalue weighted by Crippen LogP contribution is 2.22. The van der Waals surface area contributed by atoms with Gasteiger partial charge in [0.15, 0.2) is 0 Å². The molecule has 1 nitrogen and oxygen atoms in total. The van der Waals surface area contributed by atoms with Crippen LogP contribution < -0.4 is 0 Å². The zero-order valence-corrected chi connectivity index (χ0v) is 9.90. The Balaban J connectivity index is 2.49. The lowest BCUT2D eigenvalue weighted by molar-refractivity contribution is 0.104. The molecule has 3 heteroatoms. The Morgan fingerprint density at radius 2 is 1.94 bits per heavy atom. The van der Waals surface area contributed by atoms with Crippen LogP contribution in [0.4, 0.5) is 4.39 Å². The van der Waals surface area contributed by atoms with Crippen molar-refractivity contribution >= 4 is 17.1 Å². The molecular weight excluding hydrogens is 223 g/mol. The minimum Gasteiger partial charge on any atom is -0.288 e. The summed E-state index contributed by atoms with van der Waals surface area (Å²) in [5, 5.41) is 1.87. The molecule has 0 amide bonds. The molecule has 0 unspecified atom stereocenters. The van der Waals surface area contributed by atoms with Crippen LogP contribution in [0.5, 0.6) is 0 Å². The highest BCUT2D eigenvalue weighted by Gasteiger charge is 2.15. The fraction of sp³-hybridized carbons (Fsp3) is 0.154. The molecule has 1 heterocycles. The lowest BCUT2D eigenvalue weighted by atomic mass is 10.0. The predicted molar refractivity (Wildman–Crippen MR) is 63.6 cm³/mol. The lowest BCUT2D eigenvalue weighted by Crippen LogP contribution is -2.03. The number of ketones is 1. The SMILES string of the molecule is Cc1ccc(F)cc1C(=O)c1sccc1C. The minimum absolute atomic E-state index is 0.0931. The first-order chi connectivity index (χ1) is 7.59. The third kappa shape index (κ3) is 1.91. The molecule has 0 spiro atoms. The van der Waals surface area contributed by atoms with Crippen LogP contribution in [-0.4, -0.2) is 5.78 Å². The van der Waals surface area contributed by atoms with Gasteiger partial charge in [-0.15, -0.1) is 11.3 Å². The van der Waals surface area contributed by atoms with E-state index in [-0.39, 0.29) is 11.6 Å². The molecule has 0 atom stereocenters. The standard InChI is InChI=1S/C13H11FOS/c1-8-3-4-10(14)7-11(8)12(15)13-9(2)5-6-16-13/h3-7H,1-2H3. The van der Waals surface area contributed by atoms with Gasteiger partial charge in [0, 0.05) is 5.56 Å².